The van der Waals surface area contributed by atoms with Gasteiger partial charge in [-0.3, -0.25) is 14.4 Å². The van der Waals surface area contributed by atoms with E-state index in [-0.39, 0.29) is 29.7 Å². The quantitative estimate of drug-likeness (QED) is 0.653. The first-order valence-electron chi connectivity index (χ1n) is 11.8. The zero-order valence-electron chi connectivity index (χ0n) is 18.8. The Bertz CT molecular complexity index is 1000. The summed E-state index contributed by atoms with van der Waals surface area (Å²) >= 11 is 0. The van der Waals surface area contributed by atoms with Gasteiger partial charge >= 0.3 is 0 Å². The van der Waals surface area contributed by atoms with Crippen molar-refractivity contribution in [2.24, 2.45) is 5.92 Å². The van der Waals surface area contributed by atoms with E-state index in [2.05, 4.69) is 10.6 Å². The predicted molar refractivity (Wildman–Crippen MR) is 130 cm³/mol. The summed E-state index contributed by atoms with van der Waals surface area (Å²) in [6.45, 7) is 1.08. The summed E-state index contributed by atoms with van der Waals surface area (Å²) in [5, 5.41) is 6.05. The molecule has 33 heavy (non-hydrogen) atoms. The number of nitrogens with one attached hydrogen (secondary N) is 2. The van der Waals surface area contributed by atoms with Crippen molar-refractivity contribution in [1.82, 2.24) is 10.2 Å². The molecule has 0 radical (unpaired) electrons. The molecule has 0 unspecified atom stereocenters. The lowest BCUT2D eigenvalue weighted by Gasteiger charge is -2.30. The highest BCUT2D eigenvalue weighted by molar-refractivity contribution is 6.04. The van der Waals surface area contributed by atoms with Gasteiger partial charge in [0.05, 0.1) is 11.3 Å². The molecule has 2 aromatic rings. The van der Waals surface area contributed by atoms with Crippen molar-refractivity contribution < 1.29 is 14.4 Å². The number of hydrogen-bond acceptors (Lipinski definition) is 3. The highest BCUT2D eigenvalue weighted by atomic mass is 16.2. The van der Waals surface area contributed by atoms with Crippen LogP contribution in [-0.2, 0) is 9.59 Å². The Kier molecular flexibility index (Phi) is 7.55. The van der Waals surface area contributed by atoms with Gasteiger partial charge in [0, 0.05) is 31.1 Å². The van der Waals surface area contributed by atoms with Crippen LogP contribution in [-0.4, -0.2) is 41.8 Å². The molecule has 6 nitrogen and oxygen atoms in total. The van der Waals surface area contributed by atoms with Crippen LogP contribution in [0.2, 0.25) is 0 Å². The van der Waals surface area contributed by atoms with Crippen molar-refractivity contribution in [2.75, 3.05) is 18.4 Å². The van der Waals surface area contributed by atoms with Crippen LogP contribution in [0.3, 0.4) is 0 Å². The predicted octanol–water partition coefficient (Wildman–Crippen LogP) is 4.25. The average molecular weight is 446 g/mol. The van der Waals surface area contributed by atoms with E-state index in [1.807, 2.05) is 48.5 Å². The first-order valence-corrected chi connectivity index (χ1v) is 11.8. The van der Waals surface area contributed by atoms with E-state index in [0.29, 0.717) is 37.2 Å². The second-order valence-electron chi connectivity index (χ2n) is 8.83. The third kappa shape index (κ3) is 6.09. The average Bonchev–Trinajstić information content (AvgIpc) is 3.36. The minimum absolute atomic E-state index is 0.0355. The molecule has 1 saturated heterocycles. The number of rotatable bonds is 6. The molecule has 2 aliphatic rings. The highest BCUT2D eigenvalue weighted by Crippen LogP contribution is 2.23. The normalized spacial score (nSPS) is 17.3. The van der Waals surface area contributed by atoms with Crippen LogP contribution in [0.1, 0.15) is 54.4 Å². The molecule has 2 fully saturated rings. The molecule has 1 saturated carbocycles. The third-order valence-corrected chi connectivity index (χ3v) is 6.52. The Morgan fingerprint density at radius 1 is 0.848 bits per heavy atom. The van der Waals surface area contributed by atoms with E-state index >= 15 is 0 Å². The van der Waals surface area contributed by atoms with E-state index in [1.54, 1.807) is 23.1 Å². The maximum atomic E-state index is 12.9. The van der Waals surface area contributed by atoms with Crippen LogP contribution in [0.15, 0.2) is 60.7 Å². The fraction of sp³-hybridized carbons (Fsp3) is 0.370. The monoisotopic (exact) mass is 445 g/mol. The van der Waals surface area contributed by atoms with Gasteiger partial charge in [-0.05, 0) is 49.5 Å². The number of amides is 3. The lowest BCUT2D eigenvalue weighted by atomic mass is 9.95. The zero-order chi connectivity index (χ0) is 23.0. The summed E-state index contributed by atoms with van der Waals surface area (Å²) in [6, 6.07) is 17.1. The number of piperidine rings is 1. The maximum Gasteiger partial charge on any atom is 0.253 e. The Hall–Kier alpha value is -3.41. The molecule has 1 aliphatic carbocycles. The summed E-state index contributed by atoms with van der Waals surface area (Å²) in [6.07, 6.45) is 8.93. The maximum absolute atomic E-state index is 12.9. The zero-order valence-corrected chi connectivity index (χ0v) is 18.8. The van der Waals surface area contributed by atoms with Crippen LogP contribution in [0.5, 0.6) is 0 Å². The lowest BCUT2D eigenvalue weighted by molar-refractivity contribution is -0.130. The molecule has 3 amide bonds. The van der Waals surface area contributed by atoms with Crippen LogP contribution >= 0.6 is 0 Å². The first-order chi connectivity index (χ1) is 16.1. The molecule has 0 aromatic heterocycles. The summed E-state index contributed by atoms with van der Waals surface area (Å²) in [7, 11) is 0. The number of benzene rings is 2. The summed E-state index contributed by atoms with van der Waals surface area (Å²) in [5.74, 6) is -0.448. The topological polar surface area (TPSA) is 78.5 Å². The molecule has 1 heterocycles. The largest absolute Gasteiger partial charge is 0.349 e. The van der Waals surface area contributed by atoms with Gasteiger partial charge in [0.1, 0.15) is 0 Å². The van der Waals surface area contributed by atoms with Crippen molar-refractivity contribution in [3.05, 3.63) is 71.8 Å². The van der Waals surface area contributed by atoms with Crippen LogP contribution < -0.4 is 10.6 Å². The number of carbonyl (C=O) groups excluding carboxylic acids is 3. The number of para-hydroxylation sites is 1. The van der Waals surface area contributed by atoms with Crippen molar-refractivity contribution in [2.45, 2.75) is 44.6 Å². The molecule has 2 N–H and O–H groups in total. The third-order valence-electron chi connectivity index (χ3n) is 6.52. The number of hydrogen-bond donors (Lipinski definition) is 2. The molecule has 172 valence electrons. The first kappa shape index (κ1) is 22.8. The molecule has 0 bridgehead atoms. The minimum Gasteiger partial charge on any atom is -0.349 e. The highest BCUT2D eigenvalue weighted by Gasteiger charge is 2.27. The minimum atomic E-state index is -0.182. The Morgan fingerprint density at radius 2 is 1.52 bits per heavy atom. The van der Waals surface area contributed by atoms with Crippen molar-refractivity contribution in [3.63, 3.8) is 0 Å². The number of anilines is 1. The number of carbonyl (C=O) groups is 3. The van der Waals surface area contributed by atoms with Gasteiger partial charge < -0.3 is 15.5 Å². The van der Waals surface area contributed by atoms with Gasteiger partial charge in [-0.2, -0.15) is 0 Å². The molecule has 4 rings (SSSR count). The molecular formula is C27H31N3O3. The smallest absolute Gasteiger partial charge is 0.253 e. The van der Waals surface area contributed by atoms with Gasteiger partial charge in [0.25, 0.3) is 5.91 Å². The van der Waals surface area contributed by atoms with E-state index < -0.39 is 0 Å². The summed E-state index contributed by atoms with van der Waals surface area (Å²) < 4.78 is 0. The molecule has 1 aliphatic heterocycles. The van der Waals surface area contributed by atoms with Crippen LogP contribution in [0.4, 0.5) is 5.69 Å². The van der Waals surface area contributed by atoms with Gasteiger partial charge in [0.2, 0.25) is 11.8 Å². The Labute approximate surface area is 195 Å². The standard InChI is InChI=1S/C27H31N3O3/c31-25(15-14-20-8-2-1-3-9-20)30-18-16-21(17-19-30)26(32)29-24-13-7-6-12-23(24)27(33)28-22-10-4-5-11-22/h1-3,6-9,12-15,21-22H,4-5,10-11,16-19H2,(H,28,33)(H,29,32)/b15-14+. The second-order valence-corrected chi connectivity index (χ2v) is 8.83. The molecule has 0 spiro atoms. The Balaban J connectivity index is 1.30. The number of likely N-dealkylation sites (tertiary alicyclic amines) is 1. The number of nitrogens with zero attached hydrogens (tertiary/aromatic N) is 1. The fourth-order valence-electron chi connectivity index (χ4n) is 4.56. The van der Waals surface area contributed by atoms with E-state index in [0.717, 1.165) is 31.2 Å². The van der Waals surface area contributed by atoms with E-state index in [9.17, 15) is 14.4 Å². The van der Waals surface area contributed by atoms with E-state index in [4.69, 9.17) is 0 Å². The summed E-state index contributed by atoms with van der Waals surface area (Å²) in [5.41, 5.74) is 2.02. The van der Waals surface area contributed by atoms with Crippen molar-refractivity contribution in [3.8, 4) is 0 Å². The molecule has 0 atom stereocenters. The second kappa shape index (κ2) is 10.9. The van der Waals surface area contributed by atoms with Gasteiger partial charge in [-0.1, -0.05) is 55.3 Å². The van der Waals surface area contributed by atoms with Crippen LogP contribution in [0, 0.1) is 5.92 Å². The SMILES string of the molecule is O=C(NC1CCCC1)c1ccccc1NC(=O)C1CCN(C(=O)/C=C/c2ccccc2)CC1. The van der Waals surface area contributed by atoms with E-state index in [1.165, 1.54) is 0 Å². The van der Waals surface area contributed by atoms with Gasteiger partial charge in [-0.15, -0.1) is 0 Å². The van der Waals surface area contributed by atoms with Gasteiger partial charge in [-0.25, -0.2) is 0 Å². The van der Waals surface area contributed by atoms with Gasteiger partial charge in [0.15, 0.2) is 0 Å². The molecule has 6 heteroatoms. The fourth-order valence-corrected chi connectivity index (χ4v) is 4.56. The summed E-state index contributed by atoms with van der Waals surface area (Å²) in [4.78, 5) is 39.9. The Morgan fingerprint density at radius 3 is 2.24 bits per heavy atom. The van der Waals surface area contributed by atoms with Crippen LogP contribution in [0.25, 0.3) is 6.08 Å². The van der Waals surface area contributed by atoms with Crippen molar-refractivity contribution >= 4 is 29.5 Å². The lowest BCUT2D eigenvalue weighted by Crippen LogP contribution is -2.41. The molecular weight excluding hydrogens is 414 g/mol. The van der Waals surface area contributed by atoms with Crippen molar-refractivity contribution in [1.29, 1.82) is 0 Å². The molecule has 2 aromatic carbocycles.